The lowest BCUT2D eigenvalue weighted by Gasteiger charge is -2.13. The van der Waals surface area contributed by atoms with Gasteiger partial charge in [0.2, 0.25) is 5.91 Å². The van der Waals surface area contributed by atoms with Gasteiger partial charge >= 0.3 is 5.97 Å². The van der Waals surface area contributed by atoms with E-state index in [1.165, 1.54) is 24.5 Å². The molecule has 0 fully saturated rings. The van der Waals surface area contributed by atoms with Gasteiger partial charge < -0.3 is 15.8 Å². The van der Waals surface area contributed by atoms with Gasteiger partial charge in [-0.15, -0.1) is 11.3 Å². The highest BCUT2D eigenvalue weighted by Crippen LogP contribution is 2.24. The van der Waals surface area contributed by atoms with E-state index in [0.717, 1.165) is 4.88 Å². The van der Waals surface area contributed by atoms with Crippen LogP contribution >= 0.6 is 11.3 Å². The lowest BCUT2D eigenvalue weighted by Crippen LogP contribution is -2.30. The largest absolute Gasteiger partial charge is 0.466 e. The van der Waals surface area contributed by atoms with E-state index in [2.05, 4.69) is 10.1 Å². The first-order valence-corrected chi connectivity index (χ1v) is 6.82. The van der Waals surface area contributed by atoms with Crippen molar-refractivity contribution < 1.29 is 14.3 Å². The molecule has 1 amide bonds. The first-order valence-electron chi connectivity index (χ1n) is 5.94. The number of carbonyl (C=O) groups excluding carboxylic acids is 2. The predicted octanol–water partition coefficient (Wildman–Crippen LogP) is 1.03. The van der Waals surface area contributed by atoms with Gasteiger partial charge in [0.05, 0.1) is 13.0 Å². The SMILES string of the molecule is COC(=O)/C=C/CNC(=O)C(CCN)c1cccs1. The quantitative estimate of drug-likeness (QED) is 0.578. The average molecular weight is 282 g/mol. The third-order valence-corrected chi connectivity index (χ3v) is 3.49. The molecule has 1 aromatic rings. The predicted molar refractivity (Wildman–Crippen MR) is 74.9 cm³/mol. The van der Waals surface area contributed by atoms with Crippen LogP contribution in [0.3, 0.4) is 0 Å². The first-order chi connectivity index (χ1) is 9.19. The summed E-state index contributed by atoms with van der Waals surface area (Å²) in [4.78, 5) is 23.9. The van der Waals surface area contributed by atoms with E-state index in [1.807, 2.05) is 17.5 Å². The number of amides is 1. The Morgan fingerprint density at radius 1 is 1.58 bits per heavy atom. The van der Waals surface area contributed by atoms with Gasteiger partial charge in [0.15, 0.2) is 0 Å². The maximum Gasteiger partial charge on any atom is 0.330 e. The molecule has 3 N–H and O–H groups in total. The standard InChI is InChI=1S/C13H18N2O3S/c1-18-12(16)5-2-8-15-13(17)10(6-7-14)11-4-3-9-19-11/h2-5,9-10H,6-8,14H2,1H3,(H,15,17)/b5-2+. The lowest BCUT2D eigenvalue weighted by atomic mass is 10.0. The Morgan fingerprint density at radius 2 is 2.37 bits per heavy atom. The van der Waals surface area contributed by atoms with Gasteiger partial charge in [0.1, 0.15) is 0 Å². The van der Waals surface area contributed by atoms with Crippen LogP contribution < -0.4 is 11.1 Å². The van der Waals surface area contributed by atoms with Gasteiger partial charge in [0, 0.05) is 17.5 Å². The summed E-state index contributed by atoms with van der Waals surface area (Å²) in [6.45, 7) is 0.744. The van der Waals surface area contributed by atoms with Crippen molar-refractivity contribution >= 4 is 23.2 Å². The summed E-state index contributed by atoms with van der Waals surface area (Å²) in [5.74, 6) is -0.745. The molecular formula is C13H18N2O3S. The molecule has 0 saturated carbocycles. The molecule has 0 aliphatic rings. The highest BCUT2D eigenvalue weighted by Gasteiger charge is 2.19. The average Bonchev–Trinajstić information content (AvgIpc) is 2.94. The van der Waals surface area contributed by atoms with Gasteiger partial charge in [-0.25, -0.2) is 4.79 Å². The van der Waals surface area contributed by atoms with Gasteiger partial charge in [-0.1, -0.05) is 12.1 Å². The van der Waals surface area contributed by atoms with Crippen LogP contribution in [0.2, 0.25) is 0 Å². The molecule has 104 valence electrons. The van der Waals surface area contributed by atoms with Gasteiger partial charge in [0.25, 0.3) is 0 Å². The number of esters is 1. The van der Waals surface area contributed by atoms with Crippen molar-refractivity contribution in [2.24, 2.45) is 5.73 Å². The van der Waals surface area contributed by atoms with Crippen molar-refractivity contribution in [1.82, 2.24) is 5.32 Å². The van der Waals surface area contributed by atoms with Gasteiger partial charge in [-0.3, -0.25) is 4.79 Å². The fourth-order valence-electron chi connectivity index (χ4n) is 1.56. The molecule has 1 aromatic heterocycles. The Balaban J connectivity index is 2.49. The molecule has 1 atom stereocenters. The molecule has 1 unspecified atom stereocenters. The second kappa shape index (κ2) is 8.44. The second-order valence-corrected chi connectivity index (χ2v) is 4.80. The number of nitrogens with one attached hydrogen (secondary N) is 1. The highest BCUT2D eigenvalue weighted by molar-refractivity contribution is 7.10. The maximum absolute atomic E-state index is 12.0. The Labute approximate surface area is 116 Å². The van der Waals surface area contributed by atoms with Crippen LogP contribution in [0.1, 0.15) is 17.2 Å². The van der Waals surface area contributed by atoms with E-state index in [0.29, 0.717) is 19.5 Å². The molecule has 1 heterocycles. The summed E-state index contributed by atoms with van der Waals surface area (Å²) in [7, 11) is 1.30. The van der Waals surface area contributed by atoms with E-state index in [4.69, 9.17) is 5.73 Å². The van der Waals surface area contributed by atoms with Crippen molar-refractivity contribution in [1.29, 1.82) is 0 Å². The molecule has 1 rings (SSSR count). The van der Waals surface area contributed by atoms with E-state index in [9.17, 15) is 9.59 Å². The van der Waals surface area contributed by atoms with Crippen molar-refractivity contribution in [2.75, 3.05) is 20.2 Å². The van der Waals surface area contributed by atoms with E-state index < -0.39 is 5.97 Å². The molecule has 0 saturated heterocycles. The van der Waals surface area contributed by atoms with E-state index in [-0.39, 0.29) is 11.8 Å². The number of hydrogen-bond acceptors (Lipinski definition) is 5. The molecule has 6 heteroatoms. The number of carbonyl (C=O) groups is 2. The Hall–Kier alpha value is -1.66. The fourth-order valence-corrected chi connectivity index (χ4v) is 2.43. The fraction of sp³-hybridized carbons (Fsp3) is 0.385. The first kappa shape index (κ1) is 15.4. The van der Waals surface area contributed by atoms with E-state index in [1.54, 1.807) is 6.08 Å². The number of hydrogen-bond donors (Lipinski definition) is 2. The van der Waals surface area contributed by atoms with Crippen LogP contribution in [0.15, 0.2) is 29.7 Å². The van der Waals surface area contributed by atoms with Crippen LogP contribution in [0.25, 0.3) is 0 Å². The lowest BCUT2D eigenvalue weighted by molar-refractivity contribution is -0.134. The van der Waals surface area contributed by atoms with Crippen molar-refractivity contribution in [3.05, 3.63) is 34.5 Å². The van der Waals surface area contributed by atoms with Crippen molar-refractivity contribution in [3.8, 4) is 0 Å². The molecule has 0 aromatic carbocycles. The summed E-state index contributed by atoms with van der Waals surface area (Å²) >= 11 is 1.54. The summed E-state index contributed by atoms with van der Waals surface area (Å²) in [6, 6.07) is 3.84. The number of methoxy groups -OCH3 is 1. The smallest absolute Gasteiger partial charge is 0.330 e. The van der Waals surface area contributed by atoms with Crippen molar-refractivity contribution in [3.63, 3.8) is 0 Å². The minimum atomic E-state index is -0.439. The topological polar surface area (TPSA) is 81.4 Å². The summed E-state index contributed by atoms with van der Waals surface area (Å²) in [5, 5.41) is 4.69. The third kappa shape index (κ3) is 5.23. The molecule has 5 nitrogen and oxygen atoms in total. The molecule has 0 spiro atoms. The number of thiophene rings is 1. The summed E-state index contributed by atoms with van der Waals surface area (Å²) < 4.78 is 4.45. The minimum Gasteiger partial charge on any atom is -0.466 e. The zero-order chi connectivity index (χ0) is 14.1. The van der Waals surface area contributed by atoms with Gasteiger partial charge in [-0.05, 0) is 24.4 Å². The Kier molecular flexibility index (Phi) is 6.84. The minimum absolute atomic E-state index is 0.0811. The Morgan fingerprint density at radius 3 is 2.95 bits per heavy atom. The number of nitrogens with two attached hydrogens (primary N) is 1. The normalized spacial score (nSPS) is 12.3. The van der Waals surface area contributed by atoms with Crippen LogP contribution in [-0.4, -0.2) is 32.1 Å². The maximum atomic E-state index is 12.0. The van der Waals surface area contributed by atoms with Crippen molar-refractivity contribution in [2.45, 2.75) is 12.3 Å². The number of ether oxygens (including phenoxy) is 1. The van der Waals surface area contributed by atoms with Crippen LogP contribution in [-0.2, 0) is 14.3 Å². The van der Waals surface area contributed by atoms with Crippen LogP contribution in [0, 0.1) is 0 Å². The summed E-state index contributed by atoms with van der Waals surface area (Å²) in [5.41, 5.74) is 5.54. The van der Waals surface area contributed by atoms with Gasteiger partial charge in [-0.2, -0.15) is 0 Å². The van der Waals surface area contributed by atoms with E-state index >= 15 is 0 Å². The molecule has 0 radical (unpaired) electrons. The van der Waals surface area contributed by atoms with Crippen LogP contribution in [0.5, 0.6) is 0 Å². The zero-order valence-corrected chi connectivity index (χ0v) is 11.6. The molecule has 19 heavy (non-hydrogen) atoms. The zero-order valence-electron chi connectivity index (χ0n) is 10.8. The molecule has 0 aliphatic carbocycles. The third-order valence-electron chi connectivity index (χ3n) is 2.51. The summed E-state index contributed by atoms with van der Waals surface area (Å²) in [6.07, 6.45) is 3.44. The molecular weight excluding hydrogens is 264 g/mol. The highest BCUT2D eigenvalue weighted by atomic mass is 32.1. The second-order valence-electron chi connectivity index (χ2n) is 3.82. The Bertz CT molecular complexity index is 429. The van der Waals surface area contributed by atoms with Crippen LogP contribution in [0.4, 0.5) is 0 Å². The molecule has 0 aliphatic heterocycles. The monoisotopic (exact) mass is 282 g/mol. The number of rotatable bonds is 7. The molecule has 0 bridgehead atoms.